The van der Waals surface area contributed by atoms with Gasteiger partial charge in [0.05, 0.1) is 0 Å². The summed E-state index contributed by atoms with van der Waals surface area (Å²) in [7, 11) is 0. The first kappa shape index (κ1) is 17.0. The molecule has 1 aromatic rings. The third-order valence-electron chi connectivity index (χ3n) is 4.76. The molecule has 0 aromatic heterocycles. The van der Waals surface area contributed by atoms with Crippen molar-refractivity contribution in [3.8, 4) is 0 Å². The van der Waals surface area contributed by atoms with Crippen molar-refractivity contribution in [2.24, 2.45) is 0 Å². The maximum absolute atomic E-state index is 11.5. The van der Waals surface area contributed by atoms with Crippen LogP contribution in [0.25, 0.3) is 0 Å². The number of piperidine rings is 1. The SMILES string of the molecule is Cc1cc(C(C)(C)C)c(C)cc1CN1CCCC[C@H]1C(=O)O. The van der Waals surface area contributed by atoms with Crippen molar-refractivity contribution in [1.82, 2.24) is 4.90 Å². The van der Waals surface area contributed by atoms with Gasteiger partial charge in [-0.25, -0.2) is 0 Å². The number of likely N-dealkylation sites (tertiary alicyclic amines) is 1. The first-order valence-electron chi connectivity index (χ1n) is 8.27. The minimum Gasteiger partial charge on any atom is -0.480 e. The largest absolute Gasteiger partial charge is 0.480 e. The molecule has 1 aliphatic heterocycles. The molecule has 3 heteroatoms. The van der Waals surface area contributed by atoms with Gasteiger partial charge >= 0.3 is 5.97 Å². The van der Waals surface area contributed by atoms with E-state index in [0.29, 0.717) is 0 Å². The lowest BCUT2D eigenvalue weighted by Crippen LogP contribution is -2.44. The Bertz CT molecular complexity index is 557. The van der Waals surface area contributed by atoms with Crippen LogP contribution in [-0.4, -0.2) is 28.6 Å². The third-order valence-corrected chi connectivity index (χ3v) is 4.76. The Hall–Kier alpha value is -1.35. The molecule has 1 atom stereocenters. The number of benzene rings is 1. The summed E-state index contributed by atoms with van der Waals surface area (Å²) in [4.78, 5) is 13.6. The normalized spacial score (nSPS) is 20.1. The summed E-state index contributed by atoms with van der Waals surface area (Å²) in [6, 6.07) is 4.21. The maximum Gasteiger partial charge on any atom is 0.320 e. The number of carboxylic acids is 1. The van der Waals surface area contributed by atoms with Crippen molar-refractivity contribution in [1.29, 1.82) is 0 Å². The second-order valence-corrected chi connectivity index (χ2v) is 7.66. The van der Waals surface area contributed by atoms with Crippen LogP contribution >= 0.6 is 0 Å². The Morgan fingerprint density at radius 1 is 1.23 bits per heavy atom. The fraction of sp³-hybridized carbons (Fsp3) is 0.632. The summed E-state index contributed by atoms with van der Waals surface area (Å²) >= 11 is 0. The lowest BCUT2D eigenvalue weighted by atomic mass is 9.82. The molecule has 2 rings (SSSR count). The molecule has 122 valence electrons. The molecule has 22 heavy (non-hydrogen) atoms. The van der Waals surface area contributed by atoms with Gasteiger partial charge in [-0.3, -0.25) is 9.69 Å². The van der Waals surface area contributed by atoms with E-state index in [1.54, 1.807) is 0 Å². The quantitative estimate of drug-likeness (QED) is 0.916. The number of rotatable bonds is 3. The van der Waals surface area contributed by atoms with Crippen molar-refractivity contribution in [3.05, 3.63) is 34.4 Å². The zero-order valence-corrected chi connectivity index (χ0v) is 14.6. The van der Waals surface area contributed by atoms with Gasteiger partial charge in [0.15, 0.2) is 0 Å². The second-order valence-electron chi connectivity index (χ2n) is 7.66. The highest BCUT2D eigenvalue weighted by Crippen LogP contribution is 2.29. The topological polar surface area (TPSA) is 40.5 Å². The van der Waals surface area contributed by atoms with Crippen LogP contribution in [0, 0.1) is 13.8 Å². The lowest BCUT2D eigenvalue weighted by Gasteiger charge is -2.33. The molecule has 1 heterocycles. The molecule has 0 radical (unpaired) electrons. The third kappa shape index (κ3) is 3.70. The Labute approximate surface area is 134 Å². The van der Waals surface area contributed by atoms with Gasteiger partial charge in [-0.15, -0.1) is 0 Å². The Balaban J connectivity index is 2.26. The van der Waals surface area contributed by atoms with Crippen LogP contribution < -0.4 is 0 Å². The van der Waals surface area contributed by atoms with E-state index in [4.69, 9.17) is 0 Å². The summed E-state index contributed by atoms with van der Waals surface area (Å²) < 4.78 is 0. The van der Waals surface area contributed by atoms with E-state index in [2.05, 4.69) is 51.7 Å². The average Bonchev–Trinajstić information content (AvgIpc) is 2.41. The van der Waals surface area contributed by atoms with Gasteiger partial charge in [0.2, 0.25) is 0 Å². The first-order valence-corrected chi connectivity index (χ1v) is 8.27. The molecule has 0 bridgehead atoms. The smallest absolute Gasteiger partial charge is 0.320 e. The highest BCUT2D eigenvalue weighted by Gasteiger charge is 2.28. The molecule has 1 saturated heterocycles. The summed E-state index contributed by atoms with van der Waals surface area (Å²) in [5.41, 5.74) is 5.35. The number of hydrogen-bond acceptors (Lipinski definition) is 2. The molecular weight excluding hydrogens is 274 g/mol. The number of nitrogens with zero attached hydrogens (tertiary/aromatic N) is 1. The van der Waals surface area contributed by atoms with Crippen molar-refractivity contribution < 1.29 is 9.90 Å². The average molecular weight is 303 g/mol. The maximum atomic E-state index is 11.5. The number of carboxylic acid groups (broad SMARTS) is 1. The fourth-order valence-corrected chi connectivity index (χ4v) is 3.53. The van der Waals surface area contributed by atoms with Crippen molar-refractivity contribution in [2.45, 2.75) is 71.9 Å². The van der Waals surface area contributed by atoms with Gasteiger partial charge in [0.25, 0.3) is 0 Å². The van der Waals surface area contributed by atoms with Crippen LogP contribution in [0.5, 0.6) is 0 Å². The van der Waals surface area contributed by atoms with Gasteiger partial charge in [0, 0.05) is 6.54 Å². The molecule has 0 amide bonds. The number of carbonyl (C=O) groups is 1. The summed E-state index contributed by atoms with van der Waals surface area (Å²) in [6.07, 6.45) is 2.89. The molecule has 1 aliphatic rings. The molecule has 0 aliphatic carbocycles. The van der Waals surface area contributed by atoms with E-state index in [9.17, 15) is 9.90 Å². The molecule has 3 nitrogen and oxygen atoms in total. The molecular formula is C19H29NO2. The van der Waals surface area contributed by atoms with Crippen LogP contribution in [0.4, 0.5) is 0 Å². The Kier molecular flexibility index (Phi) is 4.96. The van der Waals surface area contributed by atoms with E-state index in [0.717, 1.165) is 32.4 Å². The number of hydrogen-bond donors (Lipinski definition) is 1. The van der Waals surface area contributed by atoms with E-state index in [1.807, 2.05) is 0 Å². The van der Waals surface area contributed by atoms with E-state index < -0.39 is 5.97 Å². The van der Waals surface area contributed by atoms with Crippen molar-refractivity contribution in [3.63, 3.8) is 0 Å². The zero-order chi connectivity index (χ0) is 16.5. The standard InChI is InChI=1S/C19H29NO2/c1-13-11-16(19(3,4)5)14(2)10-15(13)12-20-9-7-6-8-17(20)18(21)22/h10-11,17H,6-9,12H2,1-5H3,(H,21,22)/t17-/m0/s1. The van der Waals surface area contributed by atoms with Gasteiger partial charge in [0.1, 0.15) is 6.04 Å². The zero-order valence-electron chi connectivity index (χ0n) is 14.6. The summed E-state index contributed by atoms with van der Waals surface area (Å²) in [5, 5.41) is 9.42. The van der Waals surface area contributed by atoms with Crippen LogP contribution in [-0.2, 0) is 16.8 Å². The molecule has 0 unspecified atom stereocenters. The van der Waals surface area contributed by atoms with Crippen LogP contribution in [0.15, 0.2) is 12.1 Å². The predicted molar refractivity (Wildman–Crippen MR) is 90.3 cm³/mol. The number of aryl methyl sites for hydroxylation is 2. The summed E-state index contributed by atoms with van der Waals surface area (Å²) in [5.74, 6) is -0.680. The Morgan fingerprint density at radius 3 is 2.50 bits per heavy atom. The predicted octanol–water partition coefficient (Wildman–Crippen LogP) is 4.04. The molecule has 1 fully saturated rings. The monoisotopic (exact) mass is 303 g/mol. The molecule has 0 saturated carbocycles. The van der Waals surface area contributed by atoms with Gasteiger partial charge < -0.3 is 5.11 Å². The van der Waals surface area contributed by atoms with E-state index >= 15 is 0 Å². The van der Waals surface area contributed by atoms with Crippen LogP contribution in [0.3, 0.4) is 0 Å². The first-order chi connectivity index (χ1) is 10.2. The minimum atomic E-state index is -0.680. The van der Waals surface area contributed by atoms with Crippen molar-refractivity contribution in [2.75, 3.05) is 6.54 Å². The molecule has 0 spiro atoms. The highest BCUT2D eigenvalue weighted by atomic mass is 16.4. The van der Waals surface area contributed by atoms with E-state index in [1.165, 1.54) is 22.3 Å². The second kappa shape index (κ2) is 6.41. The lowest BCUT2D eigenvalue weighted by molar-refractivity contribution is -0.144. The number of aliphatic carboxylic acids is 1. The molecule has 1 aromatic carbocycles. The van der Waals surface area contributed by atoms with Gasteiger partial charge in [-0.1, -0.05) is 39.3 Å². The Morgan fingerprint density at radius 2 is 1.91 bits per heavy atom. The highest BCUT2D eigenvalue weighted by molar-refractivity contribution is 5.73. The van der Waals surface area contributed by atoms with Gasteiger partial charge in [-0.05, 0) is 60.9 Å². The minimum absolute atomic E-state index is 0.141. The molecule has 1 N–H and O–H groups in total. The van der Waals surface area contributed by atoms with Crippen LogP contribution in [0.1, 0.15) is 62.3 Å². The van der Waals surface area contributed by atoms with Crippen LogP contribution in [0.2, 0.25) is 0 Å². The van der Waals surface area contributed by atoms with Gasteiger partial charge in [-0.2, -0.15) is 0 Å². The van der Waals surface area contributed by atoms with Crippen molar-refractivity contribution >= 4 is 5.97 Å². The summed E-state index contributed by atoms with van der Waals surface area (Å²) in [6.45, 7) is 12.6. The fourth-order valence-electron chi connectivity index (χ4n) is 3.53. The van der Waals surface area contributed by atoms with E-state index in [-0.39, 0.29) is 11.5 Å².